The van der Waals surface area contributed by atoms with Crippen LogP contribution in [0.15, 0.2) is 96.9 Å². The normalized spacial score (nSPS) is 22.3. The maximum Gasteiger partial charge on any atom is 0.205 e. The molecular weight excluding hydrogens is 793 g/mol. The SMILES string of the molecule is [2H]c1cc([2H])c(C([2H])([2H])C([2H])([2H])C([2H])([2H])C([2H])([2H])OC([2H])([2H])CCCCCNCC(O)c2ccc(O)c(CO)c2)c([2H])c1.[2H]c1cc([2H])c(C([2H])([2H])C([2H])([2H])C([2H])([2H])C([2H])([2H])OC([2H])([2H])CCCCCNCC(O)c2ccc3c(c2)COC(C)(C)O3)c([2H])c1. The van der Waals surface area contributed by atoms with Crippen LogP contribution in [0.1, 0.15) is 172 Å². The van der Waals surface area contributed by atoms with E-state index in [1.807, 2.05) is 19.9 Å². The third-order valence-corrected chi connectivity index (χ3v) is 9.05. The zero-order chi connectivity index (χ0) is 68.0. The molecule has 2 unspecified atom stereocenters. The summed E-state index contributed by atoms with van der Waals surface area (Å²) in [6.45, 7) is -7.89. The number of benzene rings is 4. The molecule has 4 aromatic carbocycles. The molecule has 0 aliphatic carbocycles. The lowest BCUT2D eigenvalue weighted by atomic mass is 10.0. The lowest BCUT2D eigenvalue weighted by Gasteiger charge is -2.33. The van der Waals surface area contributed by atoms with Gasteiger partial charge in [-0.05, 0) is 124 Å². The Balaban J connectivity index is 0.000000381. The number of aliphatic hydroxyl groups excluding tert-OH is 3. The Morgan fingerprint density at radius 1 is 0.683 bits per heavy atom. The van der Waals surface area contributed by atoms with E-state index < -0.39 is 124 Å². The second kappa shape index (κ2) is 31.1. The van der Waals surface area contributed by atoms with Crippen LogP contribution in [0.5, 0.6) is 11.5 Å². The molecular formula is C53H78N2O8. The Kier molecular flexibility index (Phi) is 12.7. The quantitative estimate of drug-likeness (QED) is 0.0271. The van der Waals surface area contributed by atoms with Crippen molar-refractivity contribution in [2.45, 2.75) is 135 Å². The molecule has 0 spiro atoms. The molecule has 0 aromatic heterocycles. The second-order valence-electron chi connectivity index (χ2n) is 14.5. The molecule has 348 valence electrons. The molecule has 10 heteroatoms. The van der Waals surface area contributed by atoms with Gasteiger partial charge in [-0.25, -0.2) is 0 Å². The molecule has 2 atom stereocenters. The van der Waals surface area contributed by atoms with Crippen LogP contribution in [-0.4, -0.2) is 78.6 Å². The Morgan fingerprint density at radius 2 is 1.19 bits per heavy atom. The van der Waals surface area contributed by atoms with E-state index in [9.17, 15) is 20.4 Å². The molecule has 10 nitrogen and oxygen atoms in total. The topological polar surface area (TPSA) is 142 Å². The van der Waals surface area contributed by atoms with Gasteiger partial charge in [0.2, 0.25) is 5.79 Å². The molecule has 63 heavy (non-hydrogen) atoms. The highest BCUT2D eigenvalue weighted by Gasteiger charge is 2.27. The first-order chi connectivity index (χ1) is 40.5. The fraction of sp³-hybridized carbons (Fsp3) is 0.547. The van der Waals surface area contributed by atoms with Crippen LogP contribution >= 0.6 is 0 Å². The summed E-state index contributed by atoms with van der Waals surface area (Å²) >= 11 is 0. The first-order valence-corrected chi connectivity index (χ1v) is 20.8. The summed E-state index contributed by atoms with van der Waals surface area (Å²) in [6.07, 6.45) is -22.1. The van der Waals surface area contributed by atoms with E-state index in [-0.39, 0.29) is 62.4 Å². The molecule has 0 fully saturated rings. The van der Waals surface area contributed by atoms with Crippen molar-refractivity contribution in [3.63, 3.8) is 0 Å². The summed E-state index contributed by atoms with van der Waals surface area (Å²) in [4.78, 5) is 0. The van der Waals surface area contributed by atoms with Gasteiger partial charge in [0.15, 0.2) is 0 Å². The van der Waals surface area contributed by atoms with E-state index in [0.29, 0.717) is 62.3 Å². The van der Waals surface area contributed by atoms with Gasteiger partial charge in [-0.15, -0.1) is 0 Å². The number of hydrogen-bond acceptors (Lipinski definition) is 10. The lowest BCUT2D eigenvalue weighted by molar-refractivity contribution is -0.180. The number of aromatic hydroxyl groups is 1. The molecule has 5 rings (SSSR count). The molecule has 0 bridgehead atoms. The van der Waals surface area contributed by atoms with E-state index in [1.165, 1.54) is 18.2 Å². The van der Waals surface area contributed by atoms with Crippen molar-refractivity contribution in [1.29, 1.82) is 0 Å². The Bertz CT molecular complexity index is 2960. The predicted molar refractivity (Wildman–Crippen MR) is 253 cm³/mol. The standard InChI is InChI=1S/C28H41NO4.C25H37NO4/c1-28(2)32-22-25-20-24(15-16-27(25)33-28)26(30)21-29-17-9-3-4-10-18-31-19-11-8-14-23-12-6-5-7-13-23;27-20-23-18-22(13-14-24(23)28)25(29)19-26-15-7-1-2-8-16-30-17-9-6-12-21-10-4-3-5-11-21/h5-7,12-13,15-16,20,26,29-30H,3-4,8-11,14,17-19,21-22H2,1-2H3;3-5,10-11,13-14,18,25-29H,1-2,6-9,12,15-17,19-20H2/i5D,8D2,11D2,12D,13D,14D2,18D2,19D2;3D,6D2,9D2,10D,11D,12D2,16D2,17D2. The summed E-state index contributed by atoms with van der Waals surface area (Å²) in [5.41, 5.74) is 0.564. The van der Waals surface area contributed by atoms with Crippen LogP contribution < -0.4 is 15.4 Å². The van der Waals surface area contributed by atoms with E-state index in [4.69, 9.17) is 54.6 Å². The fourth-order valence-electron chi connectivity index (χ4n) is 5.70. The molecule has 6 N–H and O–H groups in total. The molecule has 0 amide bonds. The maximum atomic E-state index is 10.6. The third-order valence-electron chi connectivity index (χ3n) is 9.05. The Morgan fingerprint density at radius 3 is 1.73 bits per heavy atom. The Labute approximate surface area is 414 Å². The number of nitrogens with one attached hydrogen (secondary N) is 2. The van der Waals surface area contributed by atoms with E-state index in [2.05, 4.69) is 10.6 Å². The number of aliphatic hydroxyl groups is 3. The second-order valence-corrected chi connectivity index (χ2v) is 14.5. The zero-order valence-electron chi connectivity index (χ0n) is 61.7. The maximum absolute atomic E-state index is 10.6. The van der Waals surface area contributed by atoms with Gasteiger partial charge < -0.3 is 50.0 Å². The number of phenols is 1. The van der Waals surface area contributed by atoms with Crippen molar-refractivity contribution in [2.24, 2.45) is 0 Å². The van der Waals surface area contributed by atoms with Crippen LogP contribution in [0.4, 0.5) is 0 Å². The summed E-state index contributed by atoms with van der Waals surface area (Å²) in [6, 6.07) is 9.66. The zero-order valence-corrected chi connectivity index (χ0v) is 35.7. The van der Waals surface area contributed by atoms with Gasteiger partial charge in [0.25, 0.3) is 0 Å². The van der Waals surface area contributed by atoms with Gasteiger partial charge in [-0.2, -0.15) is 0 Å². The minimum atomic E-state index is -3.81. The first-order valence-electron chi connectivity index (χ1n) is 33.8. The van der Waals surface area contributed by atoms with Gasteiger partial charge in [-0.3, -0.25) is 0 Å². The van der Waals surface area contributed by atoms with E-state index in [1.54, 1.807) is 12.1 Å². The van der Waals surface area contributed by atoms with Crippen LogP contribution in [0, 0.1) is 0 Å². The van der Waals surface area contributed by atoms with Crippen molar-refractivity contribution < 1.29 is 75.0 Å². The fourth-order valence-corrected chi connectivity index (χ4v) is 5.70. The van der Waals surface area contributed by atoms with Crippen molar-refractivity contribution in [1.82, 2.24) is 10.6 Å². The van der Waals surface area contributed by atoms with Gasteiger partial charge in [-0.1, -0.05) is 98.3 Å². The van der Waals surface area contributed by atoms with Gasteiger partial charge in [0.05, 0.1) is 44.6 Å². The summed E-state index contributed by atoms with van der Waals surface area (Å²) in [5, 5.41) is 45.9. The van der Waals surface area contributed by atoms with Crippen molar-refractivity contribution >= 4 is 0 Å². The van der Waals surface area contributed by atoms with Gasteiger partial charge in [0.1, 0.15) is 11.5 Å². The van der Waals surface area contributed by atoms with Gasteiger partial charge in [0, 0.05) is 80.7 Å². The highest BCUT2D eigenvalue weighted by Crippen LogP contribution is 2.33. The number of hydrogen-bond donors (Lipinski definition) is 6. The van der Waals surface area contributed by atoms with Crippen LogP contribution in [0.25, 0.3) is 0 Å². The molecule has 0 saturated carbocycles. The van der Waals surface area contributed by atoms with Crippen molar-refractivity contribution in [2.75, 3.05) is 52.4 Å². The number of rotatable bonds is 31. The van der Waals surface area contributed by atoms with E-state index in [0.717, 1.165) is 29.8 Å². The van der Waals surface area contributed by atoms with Crippen molar-refractivity contribution in [3.8, 4) is 11.5 Å². The number of fused-ring (bicyclic) bond motifs is 1. The lowest BCUT2D eigenvalue weighted by Crippen LogP contribution is -2.35. The van der Waals surface area contributed by atoms with E-state index >= 15 is 0 Å². The first kappa shape index (κ1) is 25.7. The molecule has 1 aliphatic rings. The number of unbranched alkanes of at least 4 members (excludes halogenated alkanes) is 4. The molecule has 4 aromatic rings. The van der Waals surface area contributed by atoms with Crippen molar-refractivity contribution in [3.05, 3.63) is 130 Å². The molecule has 0 radical (unpaired) electrons. The largest absolute Gasteiger partial charge is 0.508 e. The highest BCUT2D eigenvalue weighted by molar-refractivity contribution is 5.39. The molecule has 0 saturated heterocycles. The van der Waals surface area contributed by atoms with Crippen LogP contribution in [-0.2, 0) is 40.2 Å². The third kappa shape index (κ3) is 22.1. The smallest absolute Gasteiger partial charge is 0.205 e. The summed E-state index contributed by atoms with van der Waals surface area (Å²) < 4.78 is 232. The molecule has 1 heterocycles. The Hall–Kier alpha value is -3.84. The monoisotopic (exact) mass is 897 g/mol. The number of ether oxygens (including phenoxy) is 4. The minimum Gasteiger partial charge on any atom is -0.508 e. The van der Waals surface area contributed by atoms with Gasteiger partial charge >= 0.3 is 0 Å². The highest BCUT2D eigenvalue weighted by atomic mass is 16.7. The minimum absolute atomic E-state index is 0.0827. The van der Waals surface area contributed by atoms with Crippen LogP contribution in [0.3, 0.4) is 0 Å². The average molecular weight is 897 g/mol. The molecule has 1 aliphatic heterocycles. The summed E-state index contributed by atoms with van der Waals surface area (Å²) in [7, 11) is 0. The predicted octanol–water partition coefficient (Wildman–Crippen LogP) is 9.66. The average Bonchev–Trinajstić information content (AvgIpc) is 0.758. The summed E-state index contributed by atoms with van der Waals surface area (Å²) in [5.74, 6) is -0.0966. The van der Waals surface area contributed by atoms with Crippen LogP contribution in [0.2, 0.25) is 0 Å².